The van der Waals surface area contributed by atoms with Crippen LogP contribution in [-0.2, 0) is 0 Å². The molecule has 5 nitrogen and oxygen atoms in total. The zero-order chi connectivity index (χ0) is 23.1. The lowest BCUT2D eigenvalue weighted by Gasteiger charge is -2.18. The van der Waals surface area contributed by atoms with Crippen molar-refractivity contribution in [1.29, 1.82) is 0 Å². The van der Waals surface area contributed by atoms with E-state index < -0.39 is 11.6 Å². The molecule has 0 amide bonds. The number of nitrogens with zero attached hydrogens (tertiary/aromatic N) is 1. The van der Waals surface area contributed by atoms with Crippen LogP contribution in [0.2, 0.25) is 5.02 Å². The first-order chi connectivity index (χ1) is 16.0. The van der Waals surface area contributed by atoms with Crippen LogP contribution in [0, 0.1) is 0 Å². The number of aromatic nitrogens is 1. The van der Waals surface area contributed by atoms with Crippen LogP contribution in [0.3, 0.4) is 0 Å². The van der Waals surface area contributed by atoms with Gasteiger partial charge in [0, 0.05) is 16.7 Å². The van der Waals surface area contributed by atoms with E-state index in [-0.39, 0.29) is 46.2 Å². The van der Waals surface area contributed by atoms with Crippen LogP contribution in [0.25, 0.3) is 5.69 Å². The summed E-state index contributed by atoms with van der Waals surface area (Å²) in [6, 6.07) is 22.2. The van der Waals surface area contributed by atoms with Gasteiger partial charge in [0.1, 0.15) is 5.69 Å². The molecule has 0 aliphatic heterocycles. The molecule has 0 N–H and O–H groups in total. The van der Waals surface area contributed by atoms with E-state index in [1.54, 1.807) is 85.8 Å². The number of ketones is 3. The molecule has 1 aliphatic carbocycles. The van der Waals surface area contributed by atoms with E-state index in [0.717, 1.165) is 0 Å². The summed E-state index contributed by atoms with van der Waals surface area (Å²) < 4.78 is 7.45. The predicted molar refractivity (Wildman–Crippen MR) is 125 cm³/mol. The largest absolute Gasteiger partial charge is 0.478 e. The molecule has 0 unspecified atom stereocenters. The summed E-state index contributed by atoms with van der Waals surface area (Å²) >= 11 is 6.51. The molecule has 6 heteroatoms. The minimum absolute atomic E-state index is 0.0379. The fraction of sp³-hybridized carbons (Fsp3) is 0.0741. The summed E-state index contributed by atoms with van der Waals surface area (Å²) in [5.41, 5.74) is 1.55. The van der Waals surface area contributed by atoms with E-state index in [1.807, 2.05) is 0 Å². The van der Waals surface area contributed by atoms with E-state index in [0.29, 0.717) is 16.3 Å². The van der Waals surface area contributed by atoms with Crippen molar-refractivity contribution < 1.29 is 19.1 Å². The normalized spacial score (nSPS) is 12.3. The maximum Gasteiger partial charge on any atom is 0.211 e. The van der Waals surface area contributed by atoms with Crippen LogP contribution < -0.4 is 4.74 Å². The number of halogens is 1. The highest BCUT2D eigenvalue weighted by molar-refractivity contribution is 6.34. The highest BCUT2D eigenvalue weighted by atomic mass is 35.5. The van der Waals surface area contributed by atoms with E-state index in [4.69, 9.17) is 16.3 Å². The molecule has 4 aromatic rings. The van der Waals surface area contributed by atoms with Gasteiger partial charge in [-0.1, -0.05) is 78.3 Å². The van der Waals surface area contributed by atoms with Gasteiger partial charge >= 0.3 is 0 Å². The topological polar surface area (TPSA) is 65.4 Å². The number of rotatable bonds is 5. The van der Waals surface area contributed by atoms with Gasteiger partial charge in [0.15, 0.2) is 11.6 Å². The predicted octanol–water partition coefficient (Wildman–Crippen LogP) is 5.54. The smallest absolute Gasteiger partial charge is 0.211 e. The molecule has 0 radical (unpaired) electrons. The summed E-state index contributed by atoms with van der Waals surface area (Å²) in [6.45, 7) is 2.00. The van der Waals surface area contributed by atoms with Crippen molar-refractivity contribution in [2.45, 2.75) is 6.92 Å². The molecule has 0 bridgehead atoms. The first-order valence-electron chi connectivity index (χ1n) is 10.5. The van der Waals surface area contributed by atoms with Crippen LogP contribution >= 0.6 is 11.6 Å². The summed E-state index contributed by atoms with van der Waals surface area (Å²) in [7, 11) is 0. The van der Waals surface area contributed by atoms with Crippen molar-refractivity contribution in [3.05, 3.63) is 117 Å². The van der Waals surface area contributed by atoms with Gasteiger partial charge in [0.25, 0.3) is 0 Å². The van der Waals surface area contributed by atoms with Gasteiger partial charge in [-0.2, -0.15) is 0 Å². The fourth-order valence-electron chi connectivity index (χ4n) is 4.21. The molecular weight excluding hydrogens is 438 g/mol. The second-order valence-electron chi connectivity index (χ2n) is 7.52. The van der Waals surface area contributed by atoms with E-state index >= 15 is 0 Å². The van der Waals surface area contributed by atoms with Gasteiger partial charge < -0.3 is 4.74 Å². The van der Waals surface area contributed by atoms with Gasteiger partial charge in [-0.3, -0.25) is 19.0 Å². The highest BCUT2D eigenvalue weighted by Gasteiger charge is 2.41. The number of hydrogen-bond donors (Lipinski definition) is 0. The Labute approximate surface area is 195 Å². The second-order valence-corrected chi connectivity index (χ2v) is 7.93. The molecule has 0 saturated carbocycles. The van der Waals surface area contributed by atoms with Gasteiger partial charge in [-0.15, -0.1) is 0 Å². The molecule has 1 aromatic heterocycles. The van der Waals surface area contributed by atoms with Crippen molar-refractivity contribution in [2.24, 2.45) is 0 Å². The molecule has 3 aromatic carbocycles. The Kier molecular flexibility index (Phi) is 5.19. The molecule has 162 valence electrons. The van der Waals surface area contributed by atoms with E-state index in [1.165, 1.54) is 4.57 Å². The summed E-state index contributed by atoms with van der Waals surface area (Å²) in [6.07, 6.45) is 0. The lowest BCUT2D eigenvalue weighted by Crippen LogP contribution is -2.23. The molecule has 0 fully saturated rings. The van der Waals surface area contributed by atoms with Crippen molar-refractivity contribution in [3.8, 4) is 11.6 Å². The average Bonchev–Trinajstić information content (AvgIpc) is 3.18. The first-order valence-corrected chi connectivity index (χ1v) is 10.9. The van der Waals surface area contributed by atoms with Crippen molar-refractivity contribution in [2.75, 3.05) is 6.61 Å². The molecule has 0 atom stereocenters. The van der Waals surface area contributed by atoms with Gasteiger partial charge in [-0.05, 0) is 19.1 Å². The molecular formula is C27H18ClNO4. The summed E-state index contributed by atoms with van der Waals surface area (Å²) in [4.78, 5) is 41.1. The lowest BCUT2D eigenvalue weighted by molar-refractivity contribution is 0.0970. The second kappa shape index (κ2) is 8.19. The van der Waals surface area contributed by atoms with Gasteiger partial charge in [-0.25, -0.2) is 0 Å². The minimum atomic E-state index is -0.401. The monoisotopic (exact) mass is 455 g/mol. The third-order valence-corrected chi connectivity index (χ3v) is 5.94. The fourth-order valence-corrected chi connectivity index (χ4v) is 4.43. The maximum atomic E-state index is 13.7. The van der Waals surface area contributed by atoms with Crippen LogP contribution in [0.4, 0.5) is 0 Å². The van der Waals surface area contributed by atoms with Crippen molar-refractivity contribution in [3.63, 3.8) is 0 Å². The molecule has 0 saturated heterocycles. The Morgan fingerprint density at radius 2 is 1.45 bits per heavy atom. The molecule has 33 heavy (non-hydrogen) atoms. The lowest BCUT2D eigenvalue weighted by atomic mass is 9.85. The SMILES string of the molecule is CCOc1c(C(=O)c2ccccc2)c2c(n1-c1ccccc1Cl)C(=O)c1ccccc1C2=O. The Hall–Kier alpha value is -3.96. The Morgan fingerprint density at radius 3 is 2.12 bits per heavy atom. The number of para-hydroxylation sites is 1. The number of hydrogen-bond acceptors (Lipinski definition) is 4. The number of fused-ring (bicyclic) bond motifs is 2. The zero-order valence-electron chi connectivity index (χ0n) is 17.7. The van der Waals surface area contributed by atoms with Crippen LogP contribution in [-0.4, -0.2) is 28.5 Å². The highest BCUT2D eigenvalue weighted by Crippen LogP contribution is 2.41. The van der Waals surface area contributed by atoms with Crippen LogP contribution in [0.15, 0.2) is 78.9 Å². The molecule has 5 rings (SSSR count). The molecule has 0 spiro atoms. The standard InChI is InChI=1S/C27H18ClNO4/c1-2-33-27-22(24(30)16-10-4-3-5-11-16)21-23(29(27)20-15-9-8-14-19(20)28)26(32)18-13-7-6-12-17(18)25(21)31/h3-15H,2H2,1H3. The van der Waals surface area contributed by atoms with Crippen molar-refractivity contribution in [1.82, 2.24) is 4.57 Å². The average molecular weight is 456 g/mol. The van der Waals surface area contributed by atoms with Crippen molar-refractivity contribution >= 4 is 29.0 Å². The Bertz CT molecular complexity index is 1440. The first kappa shape index (κ1) is 20.9. The number of benzene rings is 3. The third-order valence-electron chi connectivity index (χ3n) is 5.62. The van der Waals surface area contributed by atoms with Crippen LogP contribution in [0.5, 0.6) is 5.88 Å². The molecule has 1 heterocycles. The number of carbonyl (C=O) groups excluding carboxylic acids is 3. The maximum absolute atomic E-state index is 13.7. The van der Waals surface area contributed by atoms with Gasteiger partial charge in [0.05, 0.1) is 28.4 Å². The Balaban J connectivity index is 1.91. The number of carbonyl (C=O) groups is 3. The van der Waals surface area contributed by atoms with Crippen LogP contribution in [0.1, 0.15) is 54.8 Å². The zero-order valence-corrected chi connectivity index (χ0v) is 18.4. The Morgan fingerprint density at radius 1 is 0.848 bits per heavy atom. The minimum Gasteiger partial charge on any atom is -0.478 e. The quantitative estimate of drug-likeness (QED) is 0.326. The third kappa shape index (κ3) is 3.20. The van der Waals surface area contributed by atoms with Gasteiger partial charge in [0.2, 0.25) is 11.7 Å². The van der Waals surface area contributed by atoms with E-state index in [9.17, 15) is 14.4 Å². The summed E-state index contributed by atoms with van der Waals surface area (Å²) in [5, 5.41) is 0.356. The summed E-state index contributed by atoms with van der Waals surface area (Å²) in [5.74, 6) is -1.04. The molecule has 1 aliphatic rings. The van der Waals surface area contributed by atoms with E-state index in [2.05, 4.69) is 0 Å². The number of ether oxygens (including phenoxy) is 1.